The van der Waals surface area contributed by atoms with E-state index in [2.05, 4.69) is 27.6 Å². The summed E-state index contributed by atoms with van der Waals surface area (Å²) in [6, 6.07) is 0. The number of rotatable bonds is 4. The normalized spacial score (nSPS) is 27.8. The summed E-state index contributed by atoms with van der Waals surface area (Å²) in [7, 11) is 0. The van der Waals surface area contributed by atoms with Gasteiger partial charge < -0.3 is 15.8 Å². The van der Waals surface area contributed by atoms with Crippen molar-refractivity contribution in [2.24, 2.45) is 11.8 Å². The second kappa shape index (κ2) is 5.49. The fourth-order valence-corrected chi connectivity index (χ4v) is 2.25. The van der Waals surface area contributed by atoms with Gasteiger partial charge in [-0.05, 0) is 31.6 Å². The third-order valence-electron chi connectivity index (χ3n) is 3.59. The third kappa shape index (κ3) is 3.30. The highest BCUT2D eigenvalue weighted by atomic mass is 16.3. The zero-order valence-electron chi connectivity index (χ0n) is 10.7. The standard InChI is InChI=1S/C12H21N5O/c1-9-2-4-12(18,5-3-9)8-15-10-6-14-7-11(16-10)17-13/h6-7,9,18H,2-5,8,13H2,1H3,(H2,15,16,17). The number of nitrogens with zero attached hydrogens (tertiary/aromatic N) is 2. The lowest BCUT2D eigenvalue weighted by Crippen LogP contribution is -2.40. The Morgan fingerprint density at radius 2 is 2.06 bits per heavy atom. The lowest BCUT2D eigenvalue weighted by molar-refractivity contribution is 0.00494. The molecule has 6 heteroatoms. The summed E-state index contributed by atoms with van der Waals surface area (Å²) in [5.41, 5.74) is 1.82. The Hall–Kier alpha value is -1.40. The van der Waals surface area contributed by atoms with Crippen LogP contribution in [0, 0.1) is 5.92 Å². The largest absolute Gasteiger partial charge is 0.388 e. The number of hydrogen-bond donors (Lipinski definition) is 4. The van der Waals surface area contributed by atoms with E-state index in [0.717, 1.165) is 31.6 Å². The Kier molecular flexibility index (Phi) is 3.98. The van der Waals surface area contributed by atoms with E-state index < -0.39 is 5.60 Å². The molecule has 0 unspecified atom stereocenters. The number of aliphatic hydroxyl groups is 1. The zero-order valence-corrected chi connectivity index (χ0v) is 10.7. The molecule has 1 aromatic rings. The molecule has 0 amide bonds. The maximum absolute atomic E-state index is 10.4. The van der Waals surface area contributed by atoms with Crippen LogP contribution in [0.4, 0.5) is 11.6 Å². The van der Waals surface area contributed by atoms with Gasteiger partial charge in [-0.15, -0.1) is 0 Å². The van der Waals surface area contributed by atoms with Gasteiger partial charge in [-0.25, -0.2) is 10.8 Å². The molecule has 2 rings (SSSR count). The van der Waals surface area contributed by atoms with Crippen LogP contribution in [0.15, 0.2) is 12.4 Å². The molecule has 1 aromatic heterocycles. The summed E-state index contributed by atoms with van der Waals surface area (Å²) in [6.45, 7) is 2.73. The summed E-state index contributed by atoms with van der Waals surface area (Å²) < 4.78 is 0. The molecule has 0 aliphatic heterocycles. The minimum atomic E-state index is -0.625. The van der Waals surface area contributed by atoms with Gasteiger partial charge in [-0.2, -0.15) is 0 Å². The fraction of sp³-hybridized carbons (Fsp3) is 0.667. The minimum Gasteiger partial charge on any atom is -0.388 e. The predicted octanol–water partition coefficient (Wildman–Crippen LogP) is 1.12. The van der Waals surface area contributed by atoms with Crippen molar-refractivity contribution >= 4 is 11.6 Å². The monoisotopic (exact) mass is 251 g/mol. The Morgan fingerprint density at radius 1 is 1.39 bits per heavy atom. The van der Waals surface area contributed by atoms with E-state index in [1.54, 1.807) is 12.4 Å². The molecule has 1 saturated carbocycles. The molecule has 0 radical (unpaired) electrons. The van der Waals surface area contributed by atoms with E-state index in [0.29, 0.717) is 18.2 Å². The number of anilines is 2. The Labute approximate surface area is 107 Å². The summed E-state index contributed by atoms with van der Waals surface area (Å²) in [4.78, 5) is 8.21. The van der Waals surface area contributed by atoms with Crippen LogP contribution in [-0.2, 0) is 0 Å². The molecule has 100 valence electrons. The molecule has 0 bridgehead atoms. The summed E-state index contributed by atoms with van der Waals surface area (Å²) >= 11 is 0. The molecule has 5 N–H and O–H groups in total. The smallest absolute Gasteiger partial charge is 0.160 e. The maximum Gasteiger partial charge on any atom is 0.160 e. The molecule has 0 aromatic carbocycles. The van der Waals surface area contributed by atoms with E-state index >= 15 is 0 Å². The first kappa shape index (κ1) is 13.0. The highest BCUT2D eigenvalue weighted by Crippen LogP contribution is 2.31. The zero-order chi connectivity index (χ0) is 13.0. The van der Waals surface area contributed by atoms with Crippen LogP contribution in [0.25, 0.3) is 0 Å². The topological polar surface area (TPSA) is 96.1 Å². The molecule has 1 fully saturated rings. The number of hydrogen-bond acceptors (Lipinski definition) is 6. The van der Waals surface area contributed by atoms with E-state index in [4.69, 9.17) is 5.84 Å². The van der Waals surface area contributed by atoms with Crippen molar-refractivity contribution < 1.29 is 5.11 Å². The van der Waals surface area contributed by atoms with E-state index in [1.807, 2.05) is 0 Å². The molecular formula is C12H21N5O. The first-order chi connectivity index (χ1) is 8.61. The van der Waals surface area contributed by atoms with Gasteiger partial charge >= 0.3 is 0 Å². The van der Waals surface area contributed by atoms with Crippen LogP contribution in [0.1, 0.15) is 32.6 Å². The summed E-state index contributed by atoms with van der Waals surface area (Å²) in [5, 5.41) is 13.6. The van der Waals surface area contributed by atoms with Gasteiger partial charge in [0.1, 0.15) is 5.82 Å². The second-order valence-electron chi connectivity index (χ2n) is 5.19. The van der Waals surface area contributed by atoms with Crippen LogP contribution >= 0.6 is 0 Å². The van der Waals surface area contributed by atoms with Gasteiger partial charge in [-0.1, -0.05) is 6.92 Å². The molecule has 0 atom stereocenters. The van der Waals surface area contributed by atoms with Crippen molar-refractivity contribution in [2.75, 3.05) is 17.3 Å². The fourth-order valence-electron chi connectivity index (χ4n) is 2.25. The molecule has 6 nitrogen and oxygen atoms in total. The van der Waals surface area contributed by atoms with Crippen LogP contribution < -0.4 is 16.6 Å². The average molecular weight is 251 g/mol. The predicted molar refractivity (Wildman–Crippen MR) is 70.9 cm³/mol. The van der Waals surface area contributed by atoms with Gasteiger partial charge in [0.2, 0.25) is 0 Å². The molecule has 1 aliphatic rings. The number of nitrogen functional groups attached to an aromatic ring is 1. The van der Waals surface area contributed by atoms with Crippen molar-refractivity contribution in [3.63, 3.8) is 0 Å². The summed E-state index contributed by atoms with van der Waals surface area (Å²) in [5.74, 6) is 7.11. The van der Waals surface area contributed by atoms with Crippen molar-refractivity contribution in [2.45, 2.75) is 38.2 Å². The van der Waals surface area contributed by atoms with Crippen molar-refractivity contribution in [3.8, 4) is 0 Å². The van der Waals surface area contributed by atoms with E-state index in [9.17, 15) is 5.11 Å². The molecule has 1 heterocycles. The number of nitrogens with two attached hydrogens (primary N) is 1. The van der Waals surface area contributed by atoms with Gasteiger partial charge in [0.15, 0.2) is 5.82 Å². The average Bonchev–Trinajstić information content (AvgIpc) is 2.41. The van der Waals surface area contributed by atoms with Crippen LogP contribution in [0.2, 0.25) is 0 Å². The molecule has 0 spiro atoms. The molecular weight excluding hydrogens is 230 g/mol. The molecule has 18 heavy (non-hydrogen) atoms. The molecule has 0 saturated heterocycles. The van der Waals surface area contributed by atoms with Gasteiger partial charge in [0, 0.05) is 6.54 Å². The Balaban J connectivity index is 1.90. The Morgan fingerprint density at radius 3 is 2.72 bits per heavy atom. The first-order valence-corrected chi connectivity index (χ1v) is 6.36. The Bertz CT molecular complexity index is 390. The van der Waals surface area contributed by atoms with Crippen molar-refractivity contribution in [1.82, 2.24) is 9.97 Å². The summed E-state index contributed by atoms with van der Waals surface area (Å²) in [6.07, 6.45) is 6.99. The molecule has 1 aliphatic carbocycles. The lowest BCUT2D eigenvalue weighted by atomic mass is 9.79. The second-order valence-corrected chi connectivity index (χ2v) is 5.19. The van der Waals surface area contributed by atoms with E-state index in [-0.39, 0.29) is 0 Å². The number of hydrazine groups is 1. The number of aromatic nitrogens is 2. The minimum absolute atomic E-state index is 0.502. The van der Waals surface area contributed by atoms with E-state index in [1.165, 1.54) is 0 Å². The first-order valence-electron chi connectivity index (χ1n) is 6.36. The van der Waals surface area contributed by atoms with Gasteiger partial charge in [-0.3, -0.25) is 4.98 Å². The third-order valence-corrected chi connectivity index (χ3v) is 3.59. The quantitative estimate of drug-likeness (QED) is 0.473. The van der Waals surface area contributed by atoms with Crippen molar-refractivity contribution in [3.05, 3.63) is 12.4 Å². The van der Waals surface area contributed by atoms with Gasteiger partial charge in [0.25, 0.3) is 0 Å². The number of nitrogens with one attached hydrogen (secondary N) is 2. The van der Waals surface area contributed by atoms with Crippen molar-refractivity contribution in [1.29, 1.82) is 0 Å². The van der Waals surface area contributed by atoms with Crippen LogP contribution in [0.5, 0.6) is 0 Å². The SMILES string of the molecule is CC1CCC(O)(CNc2cncc(NN)n2)CC1. The maximum atomic E-state index is 10.4. The van der Waals surface area contributed by atoms with Gasteiger partial charge in [0.05, 0.1) is 18.0 Å². The van der Waals surface area contributed by atoms with Crippen LogP contribution in [-0.4, -0.2) is 27.2 Å². The highest BCUT2D eigenvalue weighted by Gasteiger charge is 2.31. The lowest BCUT2D eigenvalue weighted by Gasteiger charge is -2.35. The van der Waals surface area contributed by atoms with Crippen LogP contribution in [0.3, 0.4) is 0 Å². The highest BCUT2D eigenvalue weighted by molar-refractivity contribution is 5.40.